The molecule has 1 aromatic heterocycles. The number of rotatable bonds is 4. The first-order chi connectivity index (χ1) is 9.10. The first-order valence-corrected chi connectivity index (χ1v) is 6.57. The Morgan fingerprint density at radius 2 is 2.16 bits per heavy atom. The molecule has 19 heavy (non-hydrogen) atoms. The molecule has 6 nitrogen and oxygen atoms in total. The van der Waals surface area contributed by atoms with Crippen LogP contribution in [0.4, 0.5) is 11.4 Å². The molecule has 1 heterocycles. The maximum absolute atomic E-state index is 10.9. The minimum Gasteiger partial charge on any atom is -0.381 e. The van der Waals surface area contributed by atoms with E-state index in [1.165, 1.54) is 12.3 Å². The molecule has 1 saturated carbocycles. The van der Waals surface area contributed by atoms with E-state index in [-0.39, 0.29) is 16.9 Å². The highest BCUT2D eigenvalue weighted by atomic mass is 35.5. The Kier molecular flexibility index (Phi) is 4.55. The van der Waals surface area contributed by atoms with Gasteiger partial charge < -0.3 is 10.1 Å². The molecule has 0 radical (unpaired) electrons. The number of pyridine rings is 1. The van der Waals surface area contributed by atoms with Crippen LogP contribution in [0.3, 0.4) is 0 Å². The summed E-state index contributed by atoms with van der Waals surface area (Å²) in [6.07, 6.45) is 5.26. The molecule has 1 aliphatic rings. The fraction of sp³-hybridized carbons (Fsp3) is 0.583. The van der Waals surface area contributed by atoms with Gasteiger partial charge in [-0.15, -0.1) is 0 Å². The van der Waals surface area contributed by atoms with Crippen LogP contribution in [0.15, 0.2) is 12.3 Å². The molecule has 0 atom stereocenters. The standard InChI is InChI=1S/C12H16ClN3O3/c1-19-9-4-2-8(3-5-9)15-10-6-12(13)14-7-11(10)16(17)18/h6-9H,2-5H2,1H3,(H,14,15). The van der Waals surface area contributed by atoms with Crippen molar-refractivity contribution in [3.05, 3.63) is 27.5 Å². The molecule has 2 rings (SSSR count). The number of anilines is 1. The zero-order chi connectivity index (χ0) is 13.8. The second-order valence-corrected chi connectivity index (χ2v) is 5.02. The molecule has 0 amide bonds. The van der Waals surface area contributed by atoms with Gasteiger partial charge in [0.15, 0.2) is 0 Å². The zero-order valence-electron chi connectivity index (χ0n) is 10.6. The van der Waals surface area contributed by atoms with E-state index < -0.39 is 4.92 Å². The molecule has 0 saturated heterocycles. The molecule has 0 spiro atoms. The number of hydrogen-bond acceptors (Lipinski definition) is 5. The Morgan fingerprint density at radius 1 is 1.47 bits per heavy atom. The van der Waals surface area contributed by atoms with Gasteiger partial charge in [-0.25, -0.2) is 4.98 Å². The average Bonchev–Trinajstić information content (AvgIpc) is 2.39. The Bertz CT molecular complexity index is 462. The fourth-order valence-corrected chi connectivity index (χ4v) is 2.50. The quantitative estimate of drug-likeness (QED) is 0.523. The normalized spacial score (nSPS) is 23.1. The van der Waals surface area contributed by atoms with E-state index in [9.17, 15) is 10.1 Å². The Hall–Kier alpha value is -1.40. The predicted molar refractivity (Wildman–Crippen MR) is 72.6 cm³/mol. The maximum Gasteiger partial charge on any atom is 0.310 e. The summed E-state index contributed by atoms with van der Waals surface area (Å²) in [4.78, 5) is 14.2. The summed E-state index contributed by atoms with van der Waals surface area (Å²) in [5.74, 6) is 0. The highest BCUT2D eigenvalue weighted by Gasteiger charge is 2.23. The minimum atomic E-state index is -0.452. The summed E-state index contributed by atoms with van der Waals surface area (Å²) in [5, 5.41) is 14.4. The molecular formula is C12H16ClN3O3. The van der Waals surface area contributed by atoms with Gasteiger partial charge in [0.1, 0.15) is 17.0 Å². The Balaban J connectivity index is 2.06. The average molecular weight is 286 g/mol. The van der Waals surface area contributed by atoms with E-state index in [4.69, 9.17) is 16.3 Å². The third kappa shape index (κ3) is 3.54. The molecule has 0 aromatic carbocycles. The van der Waals surface area contributed by atoms with Crippen molar-refractivity contribution >= 4 is 23.0 Å². The number of halogens is 1. The van der Waals surface area contributed by atoms with Crippen LogP contribution < -0.4 is 5.32 Å². The van der Waals surface area contributed by atoms with Crippen LogP contribution in [0.1, 0.15) is 25.7 Å². The van der Waals surface area contributed by atoms with Crippen LogP contribution in [0.2, 0.25) is 5.15 Å². The second kappa shape index (κ2) is 6.16. The molecule has 7 heteroatoms. The molecule has 1 aromatic rings. The highest BCUT2D eigenvalue weighted by Crippen LogP contribution is 2.30. The molecule has 0 unspecified atom stereocenters. The lowest BCUT2D eigenvalue weighted by molar-refractivity contribution is -0.384. The van der Waals surface area contributed by atoms with Crippen molar-refractivity contribution in [2.45, 2.75) is 37.8 Å². The van der Waals surface area contributed by atoms with Crippen LogP contribution >= 0.6 is 11.6 Å². The lowest BCUT2D eigenvalue weighted by Crippen LogP contribution is -2.29. The summed E-state index contributed by atoms with van der Waals surface area (Å²) in [7, 11) is 1.71. The van der Waals surface area contributed by atoms with Crippen LogP contribution in [-0.4, -0.2) is 29.2 Å². The highest BCUT2D eigenvalue weighted by molar-refractivity contribution is 6.29. The van der Waals surface area contributed by atoms with Crippen molar-refractivity contribution < 1.29 is 9.66 Å². The first kappa shape index (κ1) is 14.0. The summed E-state index contributed by atoms with van der Waals surface area (Å²) in [5.41, 5.74) is 0.393. The van der Waals surface area contributed by atoms with Crippen molar-refractivity contribution in [1.29, 1.82) is 0 Å². The van der Waals surface area contributed by atoms with Gasteiger partial charge in [0.05, 0.1) is 11.0 Å². The monoisotopic (exact) mass is 285 g/mol. The number of hydrogen-bond donors (Lipinski definition) is 1. The zero-order valence-corrected chi connectivity index (χ0v) is 11.4. The Morgan fingerprint density at radius 3 is 2.74 bits per heavy atom. The number of nitrogens with one attached hydrogen (secondary N) is 1. The van der Waals surface area contributed by atoms with E-state index in [0.717, 1.165) is 25.7 Å². The fourth-order valence-electron chi connectivity index (χ4n) is 2.35. The first-order valence-electron chi connectivity index (χ1n) is 6.19. The molecule has 0 aliphatic heterocycles. The van der Waals surface area contributed by atoms with Crippen LogP contribution in [-0.2, 0) is 4.74 Å². The van der Waals surface area contributed by atoms with Gasteiger partial charge in [-0.05, 0) is 25.7 Å². The van der Waals surface area contributed by atoms with Gasteiger partial charge in [-0.3, -0.25) is 10.1 Å². The number of nitrogens with zero attached hydrogens (tertiary/aromatic N) is 2. The third-order valence-corrected chi connectivity index (χ3v) is 3.62. The van der Waals surface area contributed by atoms with Crippen molar-refractivity contribution in [1.82, 2.24) is 4.98 Å². The maximum atomic E-state index is 10.9. The molecule has 1 aliphatic carbocycles. The van der Waals surface area contributed by atoms with E-state index in [1.807, 2.05) is 0 Å². The van der Waals surface area contributed by atoms with Crippen LogP contribution in [0, 0.1) is 10.1 Å². The number of nitro groups is 1. The number of aromatic nitrogens is 1. The summed E-state index contributed by atoms with van der Waals surface area (Å²) in [6.45, 7) is 0. The summed E-state index contributed by atoms with van der Waals surface area (Å²) in [6, 6.07) is 1.71. The van der Waals surface area contributed by atoms with E-state index in [2.05, 4.69) is 10.3 Å². The number of ether oxygens (including phenoxy) is 1. The van der Waals surface area contributed by atoms with Gasteiger partial charge in [-0.1, -0.05) is 11.6 Å². The van der Waals surface area contributed by atoms with Crippen LogP contribution in [0.25, 0.3) is 0 Å². The van der Waals surface area contributed by atoms with E-state index in [1.54, 1.807) is 7.11 Å². The van der Waals surface area contributed by atoms with Gasteiger partial charge in [0.2, 0.25) is 0 Å². The molecular weight excluding hydrogens is 270 g/mol. The lowest BCUT2D eigenvalue weighted by atomic mass is 9.93. The summed E-state index contributed by atoms with van der Waals surface area (Å²) >= 11 is 5.79. The molecule has 0 bridgehead atoms. The topological polar surface area (TPSA) is 77.3 Å². The summed E-state index contributed by atoms with van der Waals surface area (Å²) < 4.78 is 5.30. The Labute approximate surface area is 116 Å². The van der Waals surface area contributed by atoms with Gasteiger partial charge in [-0.2, -0.15) is 0 Å². The van der Waals surface area contributed by atoms with E-state index >= 15 is 0 Å². The molecule has 1 N–H and O–H groups in total. The lowest BCUT2D eigenvalue weighted by Gasteiger charge is -2.28. The van der Waals surface area contributed by atoms with Crippen molar-refractivity contribution in [3.8, 4) is 0 Å². The van der Waals surface area contributed by atoms with Crippen molar-refractivity contribution in [2.75, 3.05) is 12.4 Å². The van der Waals surface area contributed by atoms with Crippen molar-refractivity contribution in [2.24, 2.45) is 0 Å². The largest absolute Gasteiger partial charge is 0.381 e. The van der Waals surface area contributed by atoms with Gasteiger partial charge in [0, 0.05) is 19.2 Å². The minimum absolute atomic E-state index is 0.0433. The second-order valence-electron chi connectivity index (χ2n) is 4.63. The van der Waals surface area contributed by atoms with Gasteiger partial charge in [0.25, 0.3) is 0 Å². The van der Waals surface area contributed by atoms with Crippen LogP contribution in [0.5, 0.6) is 0 Å². The van der Waals surface area contributed by atoms with E-state index in [0.29, 0.717) is 11.8 Å². The molecule has 1 fully saturated rings. The SMILES string of the molecule is COC1CCC(Nc2cc(Cl)ncc2[N+](=O)[O-])CC1. The smallest absolute Gasteiger partial charge is 0.310 e. The van der Waals surface area contributed by atoms with Gasteiger partial charge >= 0.3 is 5.69 Å². The van der Waals surface area contributed by atoms with Crippen molar-refractivity contribution in [3.63, 3.8) is 0 Å². The predicted octanol–water partition coefficient (Wildman–Crippen LogP) is 3.01. The third-order valence-electron chi connectivity index (χ3n) is 3.41. The molecule has 104 valence electrons. The number of methoxy groups -OCH3 is 1.